The molecule has 0 unspecified atom stereocenters. The summed E-state index contributed by atoms with van der Waals surface area (Å²) < 4.78 is 53.3. The first-order valence-electron chi connectivity index (χ1n) is 7.73. The van der Waals surface area contributed by atoms with E-state index in [0.717, 1.165) is 22.1 Å². The summed E-state index contributed by atoms with van der Waals surface area (Å²) in [5.74, 6) is -1.82. The van der Waals surface area contributed by atoms with Crippen molar-refractivity contribution in [3.05, 3.63) is 64.2 Å². The predicted molar refractivity (Wildman–Crippen MR) is 90.4 cm³/mol. The van der Waals surface area contributed by atoms with Crippen LogP contribution in [0.5, 0.6) is 0 Å². The fourth-order valence-electron chi connectivity index (χ4n) is 2.79. The van der Waals surface area contributed by atoms with Crippen molar-refractivity contribution in [3.63, 3.8) is 0 Å². The fraction of sp³-hybridized carbons (Fsp3) is 0.250. The van der Waals surface area contributed by atoms with E-state index in [9.17, 15) is 27.3 Å². The number of rotatable bonds is 4. The SMILES string of the molecule is O=[N+]([O-])c1ccc(N2CCN(S(=O)(=O)c3cc(F)ccc3F)CC2)cc1. The number of anilines is 1. The average Bonchev–Trinajstić information content (AvgIpc) is 2.64. The molecule has 0 amide bonds. The Morgan fingerprint density at radius 1 is 0.962 bits per heavy atom. The molecular formula is C16H15F2N3O4S. The summed E-state index contributed by atoms with van der Waals surface area (Å²) in [6.45, 7) is 0.840. The van der Waals surface area contributed by atoms with Gasteiger partial charge in [-0.05, 0) is 30.3 Å². The summed E-state index contributed by atoms with van der Waals surface area (Å²) in [4.78, 5) is 11.4. The van der Waals surface area contributed by atoms with Crippen molar-refractivity contribution in [1.29, 1.82) is 0 Å². The molecule has 1 aliphatic rings. The second kappa shape index (κ2) is 6.96. The Balaban J connectivity index is 1.73. The molecule has 1 heterocycles. The minimum Gasteiger partial charge on any atom is -0.369 e. The van der Waals surface area contributed by atoms with Gasteiger partial charge in [0, 0.05) is 44.0 Å². The van der Waals surface area contributed by atoms with Crippen LogP contribution in [0.15, 0.2) is 47.4 Å². The Morgan fingerprint density at radius 2 is 1.58 bits per heavy atom. The van der Waals surface area contributed by atoms with Gasteiger partial charge in [0.1, 0.15) is 16.5 Å². The van der Waals surface area contributed by atoms with Gasteiger partial charge in [-0.3, -0.25) is 10.1 Å². The molecule has 0 spiro atoms. The van der Waals surface area contributed by atoms with Crippen LogP contribution in [-0.4, -0.2) is 43.8 Å². The van der Waals surface area contributed by atoms with Gasteiger partial charge in [-0.25, -0.2) is 17.2 Å². The van der Waals surface area contributed by atoms with E-state index < -0.39 is 31.5 Å². The number of non-ortho nitro benzene ring substituents is 1. The van der Waals surface area contributed by atoms with Crippen molar-refractivity contribution in [2.75, 3.05) is 31.1 Å². The highest BCUT2D eigenvalue weighted by Gasteiger charge is 2.31. The van der Waals surface area contributed by atoms with Gasteiger partial charge in [0.05, 0.1) is 4.92 Å². The lowest BCUT2D eigenvalue weighted by molar-refractivity contribution is -0.384. The second-order valence-corrected chi connectivity index (χ2v) is 7.65. The minimum atomic E-state index is -4.14. The molecular weight excluding hydrogens is 368 g/mol. The maximum atomic E-state index is 13.8. The number of hydrogen-bond donors (Lipinski definition) is 0. The zero-order valence-corrected chi connectivity index (χ0v) is 14.3. The number of nitro groups is 1. The summed E-state index contributed by atoms with van der Waals surface area (Å²) in [5.41, 5.74) is 0.695. The number of benzene rings is 2. The van der Waals surface area contributed by atoms with Gasteiger partial charge in [0.25, 0.3) is 5.69 Å². The first-order valence-corrected chi connectivity index (χ1v) is 9.17. The lowest BCUT2D eigenvalue weighted by Gasteiger charge is -2.35. The molecule has 0 atom stereocenters. The molecule has 0 radical (unpaired) electrons. The molecule has 0 bridgehead atoms. The van der Waals surface area contributed by atoms with Crippen molar-refractivity contribution < 1.29 is 22.1 Å². The first-order chi connectivity index (χ1) is 12.3. The van der Waals surface area contributed by atoms with Crippen LogP contribution in [-0.2, 0) is 10.0 Å². The average molecular weight is 383 g/mol. The van der Waals surface area contributed by atoms with Crippen molar-refractivity contribution in [2.45, 2.75) is 4.90 Å². The molecule has 0 N–H and O–H groups in total. The molecule has 1 saturated heterocycles. The van der Waals surface area contributed by atoms with Gasteiger partial charge < -0.3 is 4.90 Å². The molecule has 3 rings (SSSR count). The number of piperazine rings is 1. The molecule has 1 fully saturated rings. The van der Waals surface area contributed by atoms with E-state index in [0.29, 0.717) is 19.2 Å². The van der Waals surface area contributed by atoms with Gasteiger partial charge in [-0.2, -0.15) is 4.31 Å². The van der Waals surface area contributed by atoms with Crippen molar-refractivity contribution in [2.24, 2.45) is 0 Å². The highest BCUT2D eigenvalue weighted by Crippen LogP contribution is 2.24. The van der Waals surface area contributed by atoms with Crippen LogP contribution in [0.3, 0.4) is 0 Å². The molecule has 0 aliphatic carbocycles. The monoisotopic (exact) mass is 383 g/mol. The summed E-state index contributed by atoms with van der Waals surface area (Å²) in [7, 11) is -4.14. The number of hydrogen-bond acceptors (Lipinski definition) is 5. The van der Waals surface area contributed by atoms with Crippen molar-refractivity contribution >= 4 is 21.4 Å². The Morgan fingerprint density at radius 3 is 2.15 bits per heavy atom. The molecule has 1 aliphatic heterocycles. The van der Waals surface area contributed by atoms with E-state index in [1.54, 1.807) is 12.1 Å². The van der Waals surface area contributed by atoms with Crippen LogP contribution < -0.4 is 4.90 Å². The maximum Gasteiger partial charge on any atom is 0.269 e. The van der Waals surface area contributed by atoms with Crippen LogP contribution in [0, 0.1) is 21.7 Å². The summed E-state index contributed by atoms with van der Waals surface area (Å²) in [5, 5.41) is 10.7. The van der Waals surface area contributed by atoms with Crippen LogP contribution >= 0.6 is 0 Å². The van der Waals surface area contributed by atoms with E-state index in [1.807, 2.05) is 4.90 Å². The molecule has 138 valence electrons. The number of nitro benzene ring substituents is 1. The van der Waals surface area contributed by atoms with Crippen LogP contribution in [0.1, 0.15) is 0 Å². The molecule has 0 saturated carbocycles. The number of halogens is 2. The van der Waals surface area contributed by atoms with Crippen molar-refractivity contribution in [1.82, 2.24) is 4.31 Å². The van der Waals surface area contributed by atoms with E-state index in [1.165, 1.54) is 12.1 Å². The van der Waals surface area contributed by atoms with Crippen LogP contribution in [0.4, 0.5) is 20.2 Å². The minimum absolute atomic E-state index is 0.0310. The second-order valence-electron chi connectivity index (χ2n) is 5.74. The number of sulfonamides is 1. The van der Waals surface area contributed by atoms with Gasteiger partial charge in [0.2, 0.25) is 10.0 Å². The number of nitrogens with zero attached hydrogens (tertiary/aromatic N) is 3. The lowest BCUT2D eigenvalue weighted by Crippen LogP contribution is -2.48. The third kappa shape index (κ3) is 3.51. The van der Waals surface area contributed by atoms with Crippen molar-refractivity contribution in [3.8, 4) is 0 Å². The van der Waals surface area contributed by atoms with Crippen LogP contribution in [0.25, 0.3) is 0 Å². The zero-order chi connectivity index (χ0) is 18.9. The zero-order valence-electron chi connectivity index (χ0n) is 13.5. The molecule has 2 aromatic rings. The normalized spacial score (nSPS) is 15.8. The largest absolute Gasteiger partial charge is 0.369 e. The summed E-state index contributed by atoms with van der Waals surface area (Å²) >= 11 is 0. The Hall–Kier alpha value is -2.59. The van der Waals surface area contributed by atoms with E-state index in [2.05, 4.69) is 0 Å². The smallest absolute Gasteiger partial charge is 0.269 e. The van der Waals surface area contributed by atoms with Gasteiger partial charge in [0.15, 0.2) is 0 Å². The molecule has 7 nitrogen and oxygen atoms in total. The first kappa shape index (κ1) is 18.2. The molecule has 0 aromatic heterocycles. The molecule has 2 aromatic carbocycles. The topological polar surface area (TPSA) is 83.8 Å². The van der Waals surface area contributed by atoms with E-state index in [4.69, 9.17) is 0 Å². The quantitative estimate of drug-likeness (QED) is 0.598. The maximum absolute atomic E-state index is 13.8. The highest BCUT2D eigenvalue weighted by molar-refractivity contribution is 7.89. The Kier molecular flexibility index (Phi) is 4.88. The highest BCUT2D eigenvalue weighted by atomic mass is 32.2. The molecule has 10 heteroatoms. The van der Waals surface area contributed by atoms with Gasteiger partial charge >= 0.3 is 0 Å². The van der Waals surface area contributed by atoms with E-state index in [-0.39, 0.29) is 18.8 Å². The lowest BCUT2D eigenvalue weighted by atomic mass is 10.2. The van der Waals surface area contributed by atoms with Crippen LogP contribution in [0.2, 0.25) is 0 Å². The Bertz CT molecular complexity index is 927. The summed E-state index contributed by atoms with van der Waals surface area (Å²) in [6, 6.07) is 8.26. The standard InChI is InChI=1S/C16H15F2N3O4S/c17-12-1-6-15(18)16(11-12)26(24,25)20-9-7-19(8-10-20)13-2-4-14(5-3-13)21(22)23/h1-6,11H,7-10H2. The fourth-order valence-corrected chi connectivity index (χ4v) is 4.28. The van der Waals surface area contributed by atoms with Gasteiger partial charge in [-0.1, -0.05) is 0 Å². The summed E-state index contributed by atoms with van der Waals surface area (Å²) in [6.07, 6.45) is 0. The van der Waals surface area contributed by atoms with Gasteiger partial charge in [-0.15, -0.1) is 0 Å². The molecule has 26 heavy (non-hydrogen) atoms. The Labute approximate surface area is 148 Å². The van der Waals surface area contributed by atoms with E-state index >= 15 is 0 Å². The third-order valence-corrected chi connectivity index (χ3v) is 6.09. The third-order valence-electron chi connectivity index (χ3n) is 4.18. The predicted octanol–water partition coefficient (Wildman–Crippen LogP) is 2.38.